The molecular formula is C61H57AlCl7N7O5. The van der Waals surface area contributed by atoms with Crippen molar-refractivity contribution in [2.45, 2.75) is 75.8 Å². The number of carbonyl (C=O) groups excluding carboxylic acids is 2. The minimum Gasteiger partial charge on any atom is -0.497 e. The molecule has 12 nitrogen and oxygen atoms in total. The number of piperidine rings is 2. The molecule has 418 valence electrons. The maximum atomic E-state index is 14.4. The smallest absolute Gasteiger partial charge is 0.497 e. The van der Waals surface area contributed by atoms with Crippen molar-refractivity contribution in [1.82, 2.24) is 9.97 Å². The number of Topliss-reactive ketones (excluding diaryl/α,β-unsaturated/α-hetero) is 1. The molecule has 0 spiro atoms. The van der Waals surface area contributed by atoms with Gasteiger partial charge in [0.25, 0.3) is 5.91 Å². The van der Waals surface area contributed by atoms with Crippen molar-refractivity contribution < 1.29 is 24.5 Å². The second-order valence-corrected chi connectivity index (χ2v) is 28.1. The normalized spacial score (nSPS) is 17.5. The van der Waals surface area contributed by atoms with Gasteiger partial charge in [0, 0.05) is 100 Å². The lowest BCUT2D eigenvalue weighted by molar-refractivity contribution is -0.120. The standard InChI is InChI=1S/C34H32Cl2N4O3.C27H25Cl2N3O2.Al.3ClH/c1-43-27-10-6-22(7-11-27)21-40-31-12-9-25(35)19-28(31)33(38-30(34(40)42)18-23-4-2-3-5-29(23)36)24-8-13-32(37-20-24)39-16-14-26(41)15-17-39;28-20-7-5-17-14-25(34)24(13-18-3-1-2-4-23(18)29)31-27(22(17)15-20)19-6-8-26(30-16-19)32-11-9-21(33)10-12-32;;;;/h2-13,19-20,26,30,41H,14-18,21H2,1H3;1-8,15-16,21,24,33H,9-14H2;;3*1H/q;;+3;;;/p-3. The predicted octanol–water partition coefficient (Wildman–Crippen LogP) is 13.0. The Hall–Kier alpha value is -5.24. The molecule has 4 aliphatic rings. The number of carbonyl (C=O) groups is 2. The summed E-state index contributed by atoms with van der Waals surface area (Å²) in [5.41, 5.74) is 8.92. The number of methoxy groups -OCH3 is 1. The summed E-state index contributed by atoms with van der Waals surface area (Å²) in [6, 6.07) is 40.6. The number of aliphatic hydroxyl groups excluding tert-OH is 2. The average molecular weight is 1240 g/mol. The quantitative estimate of drug-likeness (QED) is 0.121. The first-order valence-corrected chi connectivity index (χ1v) is 33.2. The van der Waals surface area contributed by atoms with E-state index in [0.717, 1.165) is 119 Å². The second-order valence-electron chi connectivity index (χ2n) is 20.0. The van der Waals surface area contributed by atoms with Crippen molar-refractivity contribution in [3.8, 4) is 5.75 Å². The highest BCUT2D eigenvalue weighted by atomic mass is 35.8. The summed E-state index contributed by atoms with van der Waals surface area (Å²) in [4.78, 5) is 53.3. The molecule has 11 rings (SSSR count). The number of ether oxygens (including phenoxy) is 1. The number of aromatic nitrogens is 2. The number of hydrogen-bond acceptors (Lipinski definition) is 11. The van der Waals surface area contributed by atoms with Crippen LogP contribution in [0, 0.1) is 0 Å². The molecule has 2 unspecified atom stereocenters. The van der Waals surface area contributed by atoms with E-state index in [9.17, 15) is 19.8 Å². The molecule has 2 saturated heterocycles. The fourth-order valence-electron chi connectivity index (χ4n) is 10.2. The maximum absolute atomic E-state index is 14.4. The van der Waals surface area contributed by atoms with Gasteiger partial charge in [-0.25, -0.2) is 40.1 Å². The van der Waals surface area contributed by atoms with Crippen molar-refractivity contribution in [3.05, 3.63) is 210 Å². The summed E-state index contributed by atoms with van der Waals surface area (Å²) in [7, 11) is 16.5. The van der Waals surface area contributed by atoms with Crippen LogP contribution >= 0.6 is 76.6 Å². The van der Waals surface area contributed by atoms with Crippen LogP contribution in [0.5, 0.6) is 5.75 Å². The SMILES string of the molecule is COc1ccc(CN2C(=O)C(Cc3ccccc3Cl)N=C(c3ccc(N4CCC(O)CC4)nc3)c3cc(Cl)ccc32)cc1.O=C1Cc2ccc(Cl)cc2C(c2ccc(N3CCC(O)CC3)nc2)=NC1Cc1ccccc1Cl.[Cl][Al]([Cl])[Cl]. The molecular weight excluding hydrogens is 1190 g/mol. The molecule has 0 aliphatic carbocycles. The van der Waals surface area contributed by atoms with Gasteiger partial charge in [0.15, 0.2) is 5.78 Å². The molecule has 81 heavy (non-hydrogen) atoms. The first-order valence-electron chi connectivity index (χ1n) is 26.5. The summed E-state index contributed by atoms with van der Waals surface area (Å²) in [5, 5.41) is 22.1. The Morgan fingerprint density at radius 3 is 1.58 bits per heavy atom. The van der Waals surface area contributed by atoms with Crippen LogP contribution in [0.25, 0.3) is 0 Å². The Labute approximate surface area is 508 Å². The van der Waals surface area contributed by atoms with Crippen LogP contribution in [0.4, 0.5) is 17.3 Å². The van der Waals surface area contributed by atoms with Gasteiger partial charge in [-0.3, -0.25) is 19.6 Å². The van der Waals surface area contributed by atoms with Gasteiger partial charge >= 0.3 is 11.4 Å². The summed E-state index contributed by atoms with van der Waals surface area (Å²) in [6.45, 7) is 3.41. The first-order chi connectivity index (χ1) is 39.1. The molecule has 20 heteroatoms. The lowest BCUT2D eigenvalue weighted by atomic mass is 9.95. The zero-order valence-corrected chi connectivity index (χ0v) is 50.6. The molecule has 5 aromatic carbocycles. The number of rotatable bonds is 11. The van der Waals surface area contributed by atoms with Gasteiger partial charge in [0.05, 0.1) is 43.0 Å². The van der Waals surface area contributed by atoms with E-state index in [1.54, 1.807) is 24.3 Å². The van der Waals surface area contributed by atoms with E-state index in [-0.39, 0.29) is 30.3 Å². The average Bonchev–Trinajstić information content (AvgIpc) is 3.80. The van der Waals surface area contributed by atoms with Gasteiger partial charge in [0.2, 0.25) is 0 Å². The number of amides is 1. The van der Waals surface area contributed by atoms with Gasteiger partial charge in [-0.05, 0) is 127 Å². The Bertz CT molecular complexity index is 3380. The highest BCUT2D eigenvalue weighted by molar-refractivity contribution is 7.54. The highest BCUT2D eigenvalue weighted by Crippen LogP contribution is 2.35. The number of benzodiazepines with no additional fused rings is 1. The maximum Gasteiger partial charge on any atom is 0.643 e. The molecule has 0 bridgehead atoms. The third kappa shape index (κ3) is 15.7. The van der Waals surface area contributed by atoms with Crippen molar-refractivity contribution in [1.29, 1.82) is 0 Å². The van der Waals surface area contributed by atoms with Crippen molar-refractivity contribution in [2.24, 2.45) is 9.98 Å². The van der Waals surface area contributed by atoms with Gasteiger partial charge in [-0.15, -0.1) is 0 Å². The zero-order chi connectivity index (χ0) is 57.2. The van der Waals surface area contributed by atoms with E-state index in [1.165, 1.54) is 0 Å². The number of aliphatic hydroxyl groups is 2. The summed E-state index contributed by atoms with van der Waals surface area (Å²) < 4.78 is 5.33. The van der Waals surface area contributed by atoms with Gasteiger partial charge in [-0.1, -0.05) is 101 Å². The van der Waals surface area contributed by atoms with Crippen LogP contribution in [0.3, 0.4) is 0 Å². The third-order valence-corrected chi connectivity index (χ3v) is 15.8. The Kier molecular flexibility index (Phi) is 21.1. The van der Waals surface area contributed by atoms with E-state index in [2.05, 4.69) is 9.80 Å². The van der Waals surface area contributed by atoms with Crippen LogP contribution in [0.2, 0.25) is 20.1 Å². The van der Waals surface area contributed by atoms with Crippen molar-refractivity contribution in [2.75, 3.05) is 48.0 Å². The highest BCUT2D eigenvalue weighted by Gasteiger charge is 2.34. The molecule has 2 atom stereocenters. The minimum absolute atomic E-state index is 0.0509. The number of halogens is 7. The summed E-state index contributed by atoms with van der Waals surface area (Å²) in [5.74, 6) is 2.39. The van der Waals surface area contributed by atoms with Crippen LogP contribution < -0.4 is 19.4 Å². The van der Waals surface area contributed by atoms with E-state index in [4.69, 9.17) is 101 Å². The molecule has 2 N–H and O–H groups in total. The number of pyridine rings is 2. The van der Waals surface area contributed by atoms with E-state index in [1.807, 2.05) is 134 Å². The van der Waals surface area contributed by atoms with Crippen LogP contribution in [-0.2, 0) is 35.4 Å². The Balaban J connectivity index is 0.000000188. The molecule has 7 aromatic rings. The largest absolute Gasteiger partial charge is 0.643 e. The van der Waals surface area contributed by atoms with E-state index in [0.29, 0.717) is 50.9 Å². The monoisotopic (exact) mass is 1240 g/mol. The number of anilines is 3. The summed E-state index contributed by atoms with van der Waals surface area (Å²) in [6.07, 6.45) is 7.12. The zero-order valence-electron chi connectivity index (χ0n) is 44.1. The second kappa shape index (κ2) is 28.4. The van der Waals surface area contributed by atoms with Crippen LogP contribution in [0.1, 0.15) is 70.2 Å². The predicted molar refractivity (Wildman–Crippen MR) is 332 cm³/mol. The molecule has 2 fully saturated rings. The molecule has 0 radical (unpaired) electrons. The minimum atomic E-state index is -1.72. The number of fused-ring (bicyclic) bond motifs is 2. The molecule has 6 heterocycles. The first kappa shape index (κ1) is 60.4. The fourth-order valence-corrected chi connectivity index (χ4v) is 11.0. The molecule has 4 aliphatic heterocycles. The summed E-state index contributed by atoms with van der Waals surface area (Å²) >= 11 is 24.1. The van der Waals surface area contributed by atoms with Gasteiger partial charge in [-0.2, -0.15) is 0 Å². The third-order valence-electron chi connectivity index (χ3n) is 14.6. The molecule has 2 aromatic heterocycles. The lowest BCUT2D eigenvalue weighted by Crippen LogP contribution is -2.38. The Morgan fingerprint density at radius 1 is 0.593 bits per heavy atom. The number of ketones is 1. The number of benzene rings is 5. The number of hydrogen-bond donors (Lipinski definition) is 2. The molecule has 0 saturated carbocycles. The van der Waals surface area contributed by atoms with Crippen molar-refractivity contribution in [3.63, 3.8) is 0 Å². The topological polar surface area (TPSA) is 144 Å². The Morgan fingerprint density at radius 2 is 1.07 bits per heavy atom. The fraction of sp³-hybridized carbons (Fsp3) is 0.279. The van der Waals surface area contributed by atoms with E-state index < -0.39 is 23.5 Å². The lowest BCUT2D eigenvalue weighted by Gasteiger charge is -2.30. The number of nitrogens with zero attached hydrogens (tertiary/aromatic N) is 7. The molecule has 1 amide bonds. The van der Waals surface area contributed by atoms with Gasteiger partial charge < -0.3 is 29.6 Å². The number of aliphatic imine (C=N–C) groups is 2. The van der Waals surface area contributed by atoms with Crippen LogP contribution in [-0.4, -0.2) is 112 Å². The van der Waals surface area contributed by atoms with Gasteiger partial charge in [0.1, 0.15) is 29.5 Å². The van der Waals surface area contributed by atoms with Crippen LogP contribution in [0.15, 0.2) is 156 Å². The van der Waals surface area contributed by atoms with E-state index >= 15 is 0 Å². The van der Waals surface area contributed by atoms with Crippen molar-refractivity contribution >= 4 is 128 Å².